The number of rotatable bonds is 0. The van der Waals surface area contributed by atoms with E-state index in [1.54, 1.807) is 11.9 Å². The molecule has 1 unspecified atom stereocenters. The van der Waals surface area contributed by atoms with E-state index < -0.39 is 17.9 Å². The Bertz CT molecular complexity index is 399. The van der Waals surface area contributed by atoms with Crippen LogP contribution in [0.4, 0.5) is 17.6 Å². The Morgan fingerprint density at radius 3 is 2.62 bits per heavy atom. The summed E-state index contributed by atoms with van der Waals surface area (Å²) in [5, 5.41) is 0. The summed E-state index contributed by atoms with van der Waals surface area (Å²) in [6.45, 7) is 0.595. The Morgan fingerprint density at radius 1 is 1.31 bits per heavy atom. The van der Waals surface area contributed by atoms with Crippen LogP contribution < -0.4 is 0 Å². The number of fused-ring (bicyclic) bond motifs is 1. The number of alkyl halides is 4. The second-order valence-electron chi connectivity index (χ2n) is 4.08. The second kappa shape index (κ2) is 3.73. The molecule has 0 radical (unpaired) electrons. The van der Waals surface area contributed by atoms with Crippen LogP contribution in [0.1, 0.15) is 22.9 Å². The molecule has 1 aromatic rings. The number of halogens is 4. The molecule has 0 fully saturated rings. The number of hydrogen-bond donors (Lipinski definition) is 0. The van der Waals surface area contributed by atoms with E-state index in [9.17, 15) is 17.6 Å². The fraction of sp³-hybridized carbons (Fsp3) is 0.455. The van der Waals surface area contributed by atoms with Crippen LogP contribution in [0.2, 0.25) is 0 Å². The third kappa shape index (κ3) is 2.04. The number of nitrogens with zero attached hydrogens (tertiary/aromatic N) is 1. The van der Waals surface area contributed by atoms with E-state index in [0.29, 0.717) is 17.7 Å². The lowest BCUT2D eigenvalue weighted by atomic mass is 9.96. The molecule has 1 aliphatic heterocycles. The first-order chi connectivity index (χ1) is 7.38. The molecule has 88 valence electrons. The fourth-order valence-corrected chi connectivity index (χ4v) is 1.95. The van der Waals surface area contributed by atoms with Gasteiger partial charge in [-0.25, -0.2) is 4.39 Å². The van der Waals surface area contributed by atoms with Crippen LogP contribution in [-0.4, -0.2) is 18.5 Å². The van der Waals surface area contributed by atoms with Gasteiger partial charge in [0.05, 0.1) is 5.56 Å². The predicted molar refractivity (Wildman–Crippen MR) is 51.6 cm³/mol. The number of likely N-dealkylation sites (N-methyl/N-ethyl adjacent to an activating group) is 1. The molecular weight excluding hydrogens is 222 g/mol. The highest BCUT2D eigenvalue weighted by Gasteiger charge is 2.32. The first kappa shape index (κ1) is 11.4. The van der Waals surface area contributed by atoms with Crippen molar-refractivity contribution in [1.82, 2.24) is 4.90 Å². The standard InChI is InChI=1S/C11H11F4N/c1-16-5-7-4-8(11(13,14)15)2-3-9(7)10(12)6-16/h2-4,10H,5-6H2,1H3. The SMILES string of the molecule is CN1Cc2cc(C(F)(F)F)ccc2C(F)C1. The summed E-state index contributed by atoms with van der Waals surface area (Å²) in [4.78, 5) is 1.67. The lowest BCUT2D eigenvalue weighted by Crippen LogP contribution is -2.29. The van der Waals surface area contributed by atoms with E-state index >= 15 is 0 Å². The summed E-state index contributed by atoms with van der Waals surface area (Å²) >= 11 is 0. The molecule has 1 atom stereocenters. The highest BCUT2D eigenvalue weighted by atomic mass is 19.4. The zero-order valence-electron chi connectivity index (χ0n) is 8.68. The summed E-state index contributed by atoms with van der Waals surface area (Å²) in [5.41, 5.74) is 0.0934. The van der Waals surface area contributed by atoms with Crippen LogP contribution >= 0.6 is 0 Å². The predicted octanol–water partition coefficient (Wildman–Crippen LogP) is 3.16. The molecule has 0 N–H and O–H groups in total. The Labute approximate surface area is 90.7 Å². The zero-order valence-corrected chi connectivity index (χ0v) is 8.68. The number of benzene rings is 1. The van der Waals surface area contributed by atoms with Crippen LogP contribution in [-0.2, 0) is 12.7 Å². The van der Waals surface area contributed by atoms with E-state index in [-0.39, 0.29) is 6.54 Å². The molecule has 0 amide bonds. The Hall–Kier alpha value is -1.10. The molecule has 0 spiro atoms. The topological polar surface area (TPSA) is 3.24 Å². The van der Waals surface area contributed by atoms with Crippen LogP contribution in [0.5, 0.6) is 0 Å². The van der Waals surface area contributed by atoms with Gasteiger partial charge in [-0.05, 0) is 30.3 Å². The minimum Gasteiger partial charge on any atom is -0.299 e. The Balaban J connectivity index is 2.42. The maximum absolute atomic E-state index is 13.5. The highest BCUT2D eigenvalue weighted by Crippen LogP contribution is 2.35. The molecule has 2 rings (SSSR count). The van der Waals surface area contributed by atoms with E-state index in [1.807, 2.05) is 0 Å². The molecule has 1 aromatic carbocycles. The molecule has 1 nitrogen and oxygen atoms in total. The Kier molecular flexibility index (Phi) is 2.66. The fourth-order valence-electron chi connectivity index (χ4n) is 1.95. The van der Waals surface area contributed by atoms with Crippen molar-refractivity contribution in [1.29, 1.82) is 0 Å². The normalized spacial score (nSPS) is 21.9. The van der Waals surface area contributed by atoms with Crippen molar-refractivity contribution in [3.8, 4) is 0 Å². The van der Waals surface area contributed by atoms with Crippen molar-refractivity contribution >= 4 is 0 Å². The van der Waals surface area contributed by atoms with E-state index in [0.717, 1.165) is 12.1 Å². The van der Waals surface area contributed by atoms with Gasteiger partial charge in [-0.3, -0.25) is 4.90 Å². The minimum atomic E-state index is -4.36. The van der Waals surface area contributed by atoms with Gasteiger partial charge in [0.1, 0.15) is 6.17 Å². The summed E-state index contributed by atoms with van der Waals surface area (Å²) in [6.07, 6.45) is -5.56. The van der Waals surface area contributed by atoms with Crippen molar-refractivity contribution in [2.24, 2.45) is 0 Å². The van der Waals surface area contributed by atoms with Gasteiger partial charge >= 0.3 is 6.18 Å². The van der Waals surface area contributed by atoms with Gasteiger partial charge in [0.2, 0.25) is 0 Å². The third-order valence-corrected chi connectivity index (χ3v) is 2.72. The smallest absolute Gasteiger partial charge is 0.299 e. The van der Waals surface area contributed by atoms with Gasteiger partial charge in [0, 0.05) is 13.1 Å². The molecule has 0 bridgehead atoms. The first-order valence-electron chi connectivity index (χ1n) is 4.90. The molecule has 1 aliphatic rings. The van der Waals surface area contributed by atoms with Gasteiger partial charge in [0.25, 0.3) is 0 Å². The molecule has 0 saturated carbocycles. The van der Waals surface area contributed by atoms with Gasteiger partial charge in [-0.15, -0.1) is 0 Å². The second-order valence-corrected chi connectivity index (χ2v) is 4.08. The van der Waals surface area contributed by atoms with Crippen molar-refractivity contribution in [2.75, 3.05) is 13.6 Å². The van der Waals surface area contributed by atoms with Crippen LogP contribution in [0.15, 0.2) is 18.2 Å². The van der Waals surface area contributed by atoms with Crippen molar-refractivity contribution < 1.29 is 17.6 Å². The Morgan fingerprint density at radius 2 is 2.00 bits per heavy atom. The van der Waals surface area contributed by atoms with Crippen LogP contribution in [0, 0.1) is 0 Å². The van der Waals surface area contributed by atoms with E-state index in [4.69, 9.17) is 0 Å². The lowest BCUT2D eigenvalue weighted by molar-refractivity contribution is -0.137. The monoisotopic (exact) mass is 233 g/mol. The first-order valence-corrected chi connectivity index (χ1v) is 4.90. The van der Waals surface area contributed by atoms with Crippen molar-refractivity contribution in [2.45, 2.75) is 18.9 Å². The zero-order chi connectivity index (χ0) is 11.9. The number of hydrogen-bond acceptors (Lipinski definition) is 1. The average molecular weight is 233 g/mol. The molecule has 5 heteroatoms. The largest absolute Gasteiger partial charge is 0.416 e. The lowest BCUT2D eigenvalue weighted by Gasteiger charge is -2.28. The third-order valence-electron chi connectivity index (χ3n) is 2.72. The van der Waals surface area contributed by atoms with Gasteiger partial charge in [-0.1, -0.05) is 6.07 Å². The quantitative estimate of drug-likeness (QED) is 0.622. The van der Waals surface area contributed by atoms with Crippen molar-refractivity contribution in [3.05, 3.63) is 34.9 Å². The van der Waals surface area contributed by atoms with E-state index in [2.05, 4.69) is 0 Å². The summed E-state index contributed by atoms with van der Waals surface area (Å²) in [6, 6.07) is 3.23. The molecule has 0 aliphatic carbocycles. The molecule has 0 aromatic heterocycles. The van der Waals surface area contributed by atoms with Crippen LogP contribution in [0.25, 0.3) is 0 Å². The van der Waals surface area contributed by atoms with Gasteiger partial charge in [-0.2, -0.15) is 13.2 Å². The maximum atomic E-state index is 13.5. The molecule has 1 heterocycles. The van der Waals surface area contributed by atoms with Gasteiger partial charge < -0.3 is 0 Å². The maximum Gasteiger partial charge on any atom is 0.416 e. The van der Waals surface area contributed by atoms with Crippen LogP contribution in [0.3, 0.4) is 0 Å². The average Bonchev–Trinajstić information content (AvgIpc) is 2.15. The summed E-state index contributed by atoms with van der Waals surface area (Å²) < 4.78 is 50.9. The van der Waals surface area contributed by atoms with Crippen molar-refractivity contribution in [3.63, 3.8) is 0 Å². The minimum absolute atomic E-state index is 0.234. The molecular formula is C11H11F4N. The van der Waals surface area contributed by atoms with Gasteiger partial charge in [0.15, 0.2) is 0 Å². The molecule has 16 heavy (non-hydrogen) atoms. The van der Waals surface area contributed by atoms with E-state index in [1.165, 1.54) is 6.07 Å². The summed E-state index contributed by atoms with van der Waals surface area (Å²) in [7, 11) is 1.69. The summed E-state index contributed by atoms with van der Waals surface area (Å²) in [5.74, 6) is 0. The highest BCUT2D eigenvalue weighted by molar-refractivity contribution is 5.36. The molecule has 0 saturated heterocycles.